The molecule has 0 radical (unpaired) electrons. The number of hydrogen-bond donors (Lipinski definition) is 2. The number of ether oxygens (including phenoxy) is 1. The molecule has 0 saturated heterocycles. The first-order valence-corrected chi connectivity index (χ1v) is 10.4. The van der Waals surface area contributed by atoms with Crippen molar-refractivity contribution < 1.29 is 9.53 Å². The summed E-state index contributed by atoms with van der Waals surface area (Å²) in [6.07, 6.45) is 1.74. The van der Waals surface area contributed by atoms with E-state index in [0.29, 0.717) is 12.3 Å². The Hall–Kier alpha value is -3.80. The summed E-state index contributed by atoms with van der Waals surface area (Å²) in [6.45, 7) is 2.55. The second-order valence-corrected chi connectivity index (χ2v) is 7.31. The minimum atomic E-state index is -0.281. The van der Waals surface area contributed by atoms with Crippen LogP contribution in [0.2, 0.25) is 0 Å². The lowest BCUT2D eigenvalue weighted by Gasteiger charge is -2.09. The van der Waals surface area contributed by atoms with Gasteiger partial charge in [0, 0.05) is 24.8 Å². The van der Waals surface area contributed by atoms with Crippen LogP contribution in [0.4, 0.5) is 16.2 Å². The first-order valence-electron chi connectivity index (χ1n) is 10.4. The second kappa shape index (κ2) is 9.34. The zero-order valence-corrected chi connectivity index (χ0v) is 17.8. The maximum atomic E-state index is 12.2. The van der Waals surface area contributed by atoms with E-state index < -0.39 is 0 Å². The lowest BCUT2D eigenvalue weighted by molar-refractivity contribution is 0.262. The third-order valence-electron chi connectivity index (χ3n) is 5.15. The molecule has 0 atom stereocenters. The Kier molecular flexibility index (Phi) is 6.17. The van der Waals surface area contributed by atoms with Gasteiger partial charge in [0.05, 0.1) is 17.6 Å². The number of nitrogens with zero attached hydrogens (tertiary/aromatic N) is 2. The van der Waals surface area contributed by atoms with Crippen molar-refractivity contribution in [2.24, 2.45) is 7.05 Å². The van der Waals surface area contributed by atoms with Crippen molar-refractivity contribution in [2.45, 2.75) is 19.8 Å². The van der Waals surface area contributed by atoms with Crippen LogP contribution in [0.3, 0.4) is 0 Å². The van der Waals surface area contributed by atoms with E-state index in [1.807, 2.05) is 73.7 Å². The Balaban J connectivity index is 1.31. The van der Waals surface area contributed by atoms with Gasteiger partial charge in [-0.05, 0) is 67.4 Å². The molecule has 0 aliphatic carbocycles. The molecule has 6 nitrogen and oxygen atoms in total. The fourth-order valence-electron chi connectivity index (χ4n) is 3.52. The number of fused-ring (bicyclic) bond motifs is 1. The number of imidazole rings is 1. The molecular formula is C25H26N4O2. The molecule has 1 aromatic heterocycles. The first-order chi connectivity index (χ1) is 15.1. The fraction of sp³-hybridized carbons (Fsp3) is 0.200. The van der Waals surface area contributed by atoms with Gasteiger partial charge < -0.3 is 19.9 Å². The van der Waals surface area contributed by atoms with E-state index >= 15 is 0 Å². The molecule has 0 bridgehead atoms. The maximum Gasteiger partial charge on any atom is 0.323 e. The molecule has 0 saturated carbocycles. The molecule has 0 fully saturated rings. The predicted molar refractivity (Wildman–Crippen MR) is 125 cm³/mol. The van der Waals surface area contributed by atoms with Crippen molar-refractivity contribution in [3.8, 4) is 5.75 Å². The number of amides is 2. The molecular weight excluding hydrogens is 388 g/mol. The SMILES string of the molecule is CCOc1ccc(NC(=O)Nc2ccc(CCc3nc4ccccc4n3C)cc2)cc1. The van der Waals surface area contributed by atoms with Gasteiger partial charge in [-0.15, -0.1) is 0 Å². The molecule has 4 aromatic rings. The smallest absolute Gasteiger partial charge is 0.323 e. The molecule has 1 heterocycles. The van der Waals surface area contributed by atoms with Crippen LogP contribution in [0.15, 0.2) is 72.8 Å². The summed E-state index contributed by atoms with van der Waals surface area (Å²) < 4.78 is 7.56. The number of aryl methyl sites for hydroxylation is 3. The highest BCUT2D eigenvalue weighted by molar-refractivity contribution is 5.99. The average molecular weight is 415 g/mol. The molecule has 3 aromatic carbocycles. The Bertz CT molecular complexity index is 1160. The highest BCUT2D eigenvalue weighted by atomic mass is 16.5. The number of carbonyl (C=O) groups is 1. The van der Waals surface area contributed by atoms with Gasteiger partial charge in [0.1, 0.15) is 11.6 Å². The molecule has 4 rings (SSSR count). The molecule has 158 valence electrons. The summed E-state index contributed by atoms with van der Waals surface area (Å²) in [5.74, 6) is 1.85. The van der Waals surface area contributed by atoms with Crippen LogP contribution in [0.5, 0.6) is 5.75 Å². The van der Waals surface area contributed by atoms with Crippen LogP contribution in [-0.4, -0.2) is 22.2 Å². The van der Waals surface area contributed by atoms with Crippen molar-refractivity contribution in [1.29, 1.82) is 0 Å². The van der Waals surface area contributed by atoms with Crippen molar-refractivity contribution in [1.82, 2.24) is 9.55 Å². The number of carbonyl (C=O) groups excluding carboxylic acids is 1. The van der Waals surface area contributed by atoms with E-state index in [4.69, 9.17) is 9.72 Å². The Labute approximate surface area is 181 Å². The Morgan fingerprint density at radius 1 is 0.903 bits per heavy atom. The van der Waals surface area contributed by atoms with Crippen LogP contribution in [-0.2, 0) is 19.9 Å². The minimum Gasteiger partial charge on any atom is -0.494 e. The Morgan fingerprint density at radius 2 is 1.55 bits per heavy atom. The van der Waals surface area contributed by atoms with Crippen LogP contribution in [0.1, 0.15) is 18.3 Å². The number of nitrogens with one attached hydrogen (secondary N) is 2. The van der Waals surface area contributed by atoms with E-state index in [1.54, 1.807) is 0 Å². The number of urea groups is 1. The van der Waals surface area contributed by atoms with Crippen LogP contribution < -0.4 is 15.4 Å². The number of benzene rings is 3. The van der Waals surface area contributed by atoms with Gasteiger partial charge in [-0.3, -0.25) is 0 Å². The molecule has 0 aliphatic heterocycles. The van der Waals surface area contributed by atoms with E-state index in [2.05, 4.69) is 28.3 Å². The van der Waals surface area contributed by atoms with Crippen LogP contribution in [0, 0.1) is 0 Å². The van der Waals surface area contributed by atoms with Gasteiger partial charge in [0.25, 0.3) is 0 Å². The maximum absolute atomic E-state index is 12.2. The molecule has 0 aliphatic rings. The minimum absolute atomic E-state index is 0.281. The number of rotatable bonds is 7. The first kappa shape index (κ1) is 20.5. The quantitative estimate of drug-likeness (QED) is 0.425. The molecule has 0 spiro atoms. The number of aromatic nitrogens is 2. The summed E-state index contributed by atoms with van der Waals surface area (Å²) in [4.78, 5) is 17.0. The number of para-hydroxylation sites is 2. The normalized spacial score (nSPS) is 10.8. The summed E-state index contributed by atoms with van der Waals surface area (Å²) >= 11 is 0. The predicted octanol–water partition coefficient (Wildman–Crippen LogP) is 5.40. The highest BCUT2D eigenvalue weighted by Crippen LogP contribution is 2.18. The summed E-state index contributed by atoms with van der Waals surface area (Å²) in [5.41, 5.74) is 4.83. The average Bonchev–Trinajstić information content (AvgIpc) is 3.10. The summed E-state index contributed by atoms with van der Waals surface area (Å²) in [7, 11) is 2.06. The number of hydrogen-bond acceptors (Lipinski definition) is 3. The Morgan fingerprint density at radius 3 is 2.19 bits per heavy atom. The lowest BCUT2D eigenvalue weighted by atomic mass is 10.1. The largest absolute Gasteiger partial charge is 0.494 e. The van der Waals surface area contributed by atoms with Crippen molar-refractivity contribution in [2.75, 3.05) is 17.2 Å². The van der Waals surface area contributed by atoms with Gasteiger partial charge in [0.15, 0.2) is 0 Å². The third-order valence-corrected chi connectivity index (χ3v) is 5.15. The lowest BCUT2D eigenvalue weighted by Crippen LogP contribution is -2.19. The van der Waals surface area contributed by atoms with E-state index in [-0.39, 0.29) is 6.03 Å². The van der Waals surface area contributed by atoms with E-state index in [1.165, 1.54) is 5.56 Å². The van der Waals surface area contributed by atoms with Crippen LogP contribution >= 0.6 is 0 Å². The van der Waals surface area contributed by atoms with Crippen molar-refractivity contribution in [3.63, 3.8) is 0 Å². The zero-order valence-electron chi connectivity index (χ0n) is 17.8. The second-order valence-electron chi connectivity index (χ2n) is 7.31. The molecule has 2 N–H and O–H groups in total. The van der Waals surface area contributed by atoms with Gasteiger partial charge in [0.2, 0.25) is 0 Å². The summed E-state index contributed by atoms with van der Waals surface area (Å²) in [6, 6.07) is 23.1. The standard InChI is InChI=1S/C25H26N4O2/c1-3-31-21-15-13-20(14-16-21)27-25(30)26-19-11-8-18(9-12-19)10-17-24-28-22-6-4-5-7-23(22)29(24)2/h4-9,11-16H,3,10,17H2,1-2H3,(H2,26,27,30). The van der Waals surface area contributed by atoms with Crippen LogP contribution in [0.25, 0.3) is 11.0 Å². The highest BCUT2D eigenvalue weighted by Gasteiger charge is 2.08. The molecule has 0 unspecified atom stereocenters. The molecule has 2 amide bonds. The van der Waals surface area contributed by atoms with Gasteiger partial charge in [-0.2, -0.15) is 0 Å². The van der Waals surface area contributed by atoms with Crippen molar-refractivity contribution >= 4 is 28.4 Å². The van der Waals surface area contributed by atoms with E-state index in [0.717, 1.165) is 41.1 Å². The summed E-state index contributed by atoms with van der Waals surface area (Å²) in [5, 5.41) is 5.68. The van der Waals surface area contributed by atoms with E-state index in [9.17, 15) is 4.79 Å². The zero-order chi connectivity index (χ0) is 21.6. The monoisotopic (exact) mass is 414 g/mol. The van der Waals surface area contributed by atoms with Gasteiger partial charge >= 0.3 is 6.03 Å². The fourth-order valence-corrected chi connectivity index (χ4v) is 3.52. The molecule has 31 heavy (non-hydrogen) atoms. The van der Waals surface area contributed by atoms with Gasteiger partial charge in [-0.1, -0.05) is 24.3 Å². The van der Waals surface area contributed by atoms with Gasteiger partial charge in [-0.25, -0.2) is 9.78 Å². The topological polar surface area (TPSA) is 68.2 Å². The number of anilines is 2. The third kappa shape index (κ3) is 5.04. The van der Waals surface area contributed by atoms with Crippen molar-refractivity contribution in [3.05, 3.63) is 84.2 Å². The molecule has 6 heteroatoms.